The van der Waals surface area contributed by atoms with E-state index in [9.17, 15) is 4.79 Å². The third kappa shape index (κ3) is 5.88. The molecule has 3 nitrogen and oxygen atoms in total. The van der Waals surface area contributed by atoms with Crippen LogP contribution < -0.4 is 5.32 Å². The summed E-state index contributed by atoms with van der Waals surface area (Å²) in [6.07, 6.45) is 3.99. The van der Waals surface area contributed by atoms with Crippen molar-refractivity contribution in [3.63, 3.8) is 0 Å². The van der Waals surface area contributed by atoms with Crippen molar-refractivity contribution in [3.8, 4) is 0 Å². The van der Waals surface area contributed by atoms with Crippen molar-refractivity contribution in [2.45, 2.75) is 27.2 Å². The molecule has 0 saturated carbocycles. The van der Waals surface area contributed by atoms with Gasteiger partial charge in [-0.25, -0.2) is 0 Å². The van der Waals surface area contributed by atoms with E-state index in [2.05, 4.69) is 21.2 Å². The van der Waals surface area contributed by atoms with E-state index in [-0.39, 0.29) is 17.9 Å². The molecule has 4 heteroatoms. The van der Waals surface area contributed by atoms with Gasteiger partial charge >= 0.3 is 0 Å². The van der Waals surface area contributed by atoms with Crippen LogP contribution in [-0.2, 0) is 4.79 Å². The van der Waals surface area contributed by atoms with Gasteiger partial charge in [-0.1, -0.05) is 41.9 Å². The van der Waals surface area contributed by atoms with Crippen LogP contribution in [0.2, 0.25) is 0 Å². The summed E-state index contributed by atoms with van der Waals surface area (Å²) in [5.41, 5.74) is 2.05. The Morgan fingerprint density at radius 1 is 1.45 bits per heavy atom. The highest BCUT2D eigenvalue weighted by Crippen LogP contribution is 2.20. The molecule has 1 rings (SSSR count). The molecule has 20 heavy (non-hydrogen) atoms. The number of aryl methyl sites for hydroxylation is 1. The van der Waals surface area contributed by atoms with Crippen molar-refractivity contribution < 1.29 is 9.90 Å². The van der Waals surface area contributed by atoms with E-state index in [1.807, 2.05) is 39.0 Å². The topological polar surface area (TPSA) is 49.3 Å². The summed E-state index contributed by atoms with van der Waals surface area (Å²) in [6.45, 7) is 6.74. The molecule has 1 aromatic rings. The highest BCUT2D eigenvalue weighted by molar-refractivity contribution is 9.10. The maximum absolute atomic E-state index is 11.8. The normalized spacial score (nSPS) is 11.8. The Morgan fingerprint density at radius 2 is 2.15 bits per heavy atom. The first-order valence-electron chi connectivity index (χ1n) is 6.67. The summed E-state index contributed by atoms with van der Waals surface area (Å²) in [5.74, 6) is -0.122. The van der Waals surface area contributed by atoms with Gasteiger partial charge in [0.2, 0.25) is 5.91 Å². The summed E-state index contributed by atoms with van der Waals surface area (Å²) in [5, 5.41) is 11.8. The van der Waals surface area contributed by atoms with Gasteiger partial charge < -0.3 is 10.4 Å². The minimum atomic E-state index is -0.122. The fraction of sp³-hybridized carbons (Fsp3) is 0.438. The molecule has 0 aliphatic rings. The maximum atomic E-state index is 11.8. The number of carbonyl (C=O) groups excluding carboxylic acids is 1. The van der Waals surface area contributed by atoms with Gasteiger partial charge in [0.1, 0.15) is 0 Å². The lowest BCUT2D eigenvalue weighted by Crippen LogP contribution is -2.33. The zero-order chi connectivity index (χ0) is 15.2. The van der Waals surface area contributed by atoms with Crippen molar-refractivity contribution in [2.75, 3.05) is 13.2 Å². The largest absolute Gasteiger partial charge is 0.396 e. The van der Waals surface area contributed by atoms with E-state index in [4.69, 9.17) is 5.11 Å². The van der Waals surface area contributed by atoms with Crippen LogP contribution in [-0.4, -0.2) is 24.2 Å². The molecule has 1 amide bonds. The predicted molar refractivity (Wildman–Crippen MR) is 86.4 cm³/mol. The van der Waals surface area contributed by atoms with E-state index in [0.29, 0.717) is 13.0 Å². The first-order chi connectivity index (χ1) is 9.34. The van der Waals surface area contributed by atoms with Crippen LogP contribution >= 0.6 is 15.9 Å². The molecular weight excluding hydrogens is 318 g/mol. The Balaban J connectivity index is 2.56. The first kappa shape index (κ1) is 16.9. The molecule has 0 heterocycles. The molecular formula is C16H22BrNO2. The van der Waals surface area contributed by atoms with Crippen LogP contribution in [0.1, 0.15) is 31.4 Å². The molecule has 0 saturated heterocycles. The number of rotatable bonds is 6. The van der Waals surface area contributed by atoms with Gasteiger partial charge in [-0.15, -0.1) is 0 Å². The third-order valence-corrected chi connectivity index (χ3v) is 3.79. The van der Waals surface area contributed by atoms with E-state index in [0.717, 1.165) is 10.0 Å². The average molecular weight is 340 g/mol. The van der Waals surface area contributed by atoms with Gasteiger partial charge in [0.15, 0.2) is 0 Å². The Hall–Kier alpha value is -1.13. The zero-order valence-corrected chi connectivity index (χ0v) is 13.8. The highest BCUT2D eigenvalue weighted by atomic mass is 79.9. The second kappa shape index (κ2) is 7.60. The predicted octanol–water partition coefficient (Wildman–Crippen LogP) is 3.30. The second-order valence-electron chi connectivity index (χ2n) is 5.71. The second-order valence-corrected chi connectivity index (χ2v) is 6.57. The zero-order valence-electron chi connectivity index (χ0n) is 12.2. The number of benzene rings is 1. The molecule has 110 valence electrons. The summed E-state index contributed by atoms with van der Waals surface area (Å²) in [7, 11) is 0. The molecule has 0 aromatic heterocycles. The number of aliphatic hydroxyl groups is 1. The molecule has 0 aliphatic carbocycles. The summed E-state index contributed by atoms with van der Waals surface area (Å²) in [6, 6.07) is 5.99. The molecule has 0 spiro atoms. The smallest absolute Gasteiger partial charge is 0.244 e. The van der Waals surface area contributed by atoms with Crippen molar-refractivity contribution >= 4 is 27.9 Å². The Bertz CT molecular complexity index is 495. The van der Waals surface area contributed by atoms with E-state index in [1.165, 1.54) is 11.6 Å². The van der Waals surface area contributed by atoms with Crippen LogP contribution in [0, 0.1) is 12.3 Å². The van der Waals surface area contributed by atoms with Gasteiger partial charge in [0.25, 0.3) is 0 Å². The van der Waals surface area contributed by atoms with Crippen molar-refractivity contribution in [2.24, 2.45) is 5.41 Å². The Labute approximate surface area is 129 Å². The molecule has 0 fully saturated rings. The number of hydrogen-bond acceptors (Lipinski definition) is 2. The highest BCUT2D eigenvalue weighted by Gasteiger charge is 2.17. The standard InChI is InChI=1S/C16H22BrNO2/c1-12-4-5-13(14(17)10-12)6-7-15(20)18-11-16(2,3)8-9-19/h4-7,10,19H,8-9,11H2,1-3H3,(H,18,20)/b7-6+. The first-order valence-corrected chi connectivity index (χ1v) is 7.46. The number of halogens is 1. The van der Waals surface area contributed by atoms with Gasteiger partial charge in [-0.2, -0.15) is 0 Å². The van der Waals surface area contributed by atoms with E-state index in [1.54, 1.807) is 6.08 Å². The average Bonchev–Trinajstić information content (AvgIpc) is 2.35. The fourth-order valence-corrected chi connectivity index (χ4v) is 2.33. The van der Waals surface area contributed by atoms with Crippen molar-refractivity contribution in [1.82, 2.24) is 5.32 Å². The maximum Gasteiger partial charge on any atom is 0.244 e. The van der Waals surface area contributed by atoms with Gasteiger partial charge in [-0.05, 0) is 42.0 Å². The van der Waals surface area contributed by atoms with E-state index >= 15 is 0 Å². The van der Waals surface area contributed by atoms with Gasteiger partial charge in [-0.3, -0.25) is 4.79 Å². The Kier molecular flexibility index (Phi) is 6.43. The van der Waals surface area contributed by atoms with E-state index < -0.39 is 0 Å². The molecule has 1 aromatic carbocycles. The summed E-state index contributed by atoms with van der Waals surface area (Å²) >= 11 is 3.48. The van der Waals surface area contributed by atoms with Crippen LogP contribution in [0.5, 0.6) is 0 Å². The SMILES string of the molecule is Cc1ccc(/C=C/C(=O)NCC(C)(C)CCO)c(Br)c1. The summed E-state index contributed by atoms with van der Waals surface area (Å²) < 4.78 is 0.974. The number of amides is 1. The van der Waals surface area contributed by atoms with Gasteiger partial charge in [0.05, 0.1) is 0 Å². The number of carbonyl (C=O) groups is 1. The lowest BCUT2D eigenvalue weighted by Gasteiger charge is -2.23. The number of hydrogen-bond donors (Lipinski definition) is 2. The fourth-order valence-electron chi connectivity index (χ4n) is 1.71. The molecule has 2 N–H and O–H groups in total. The van der Waals surface area contributed by atoms with Crippen LogP contribution in [0.4, 0.5) is 0 Å². The molecule has 0 bridgehead atoms. The quantitative estimate of drug-likeness (QED) is 0.781. The van der Waals surface area contributed by atoms with Crippen LogP contribution in [0.15, 0.2) is 28.7 Å². The lowest BCUT2D eigenvalue weighted by atomic mass is 9.90. The molecule has 0 aliphatic heterocycles. The van der Waals surface area contributed by atoms with Crippen LogP contribution in [0.3, 0.4) is 0 Å². The third-order valence-electron chi connectivity index (χ3n) is 3.10. The minimum Gasteiger partial charge on any atom is -0.396 e. The number of nitrogens with one attached hydrogen (secondary N) is 1. The van der Waals surface area contributed by atoms with Crippen molar-refractivity contribution in [3.05, 3.63) is 39.9 Å². The monoisotopic (exact) mass is 339 g/mol. The molecule has 0 radical (unpaired) electrons. The Morgan fingerprint density at radius 3 is 2.75 bits per heavy atom. The van der Waals surface area contributed by atoms with Gasteiger partial charge in [0, 0.05) is 23.7 Å². The van der Waals surface area contributed by atoms with Crippen LogP contribution in [0.25, 0.3) is 6.08 Å². The number of aliphatic hydroxyl groups excluding tert-OH is 1. The lowest BCUT2D eigenvalue weighted by molar-refractivity contribution is -0.116. The molecule has 0 atom stereocenters. The minimum absolute atomic E-state index is 0.0946. The van der Waals surface area contributed by atoms with Crippen molar-refractivity contribution in [1.29, 1.82) is 0 Å². The molecule has 0 unspecified atom stereocenters. The summed E-state index contributed by atoms with van der Waals surface area (Å²) in [4.78, 5) is 11.8.